The van der Waals surface area contributed by atoms with Crippen LogP contribution in [0.2, 0.25) is 0 Å². The molecular weight excluding hydrogens is 385 g/mol. The number of nitro benzene ring substituents is 1. The molecular formula is C20H19F3N4O2. The Morgan fingerprint density at radius 1 is 1.07 bits per heavy atom. The maximum absolute atomic E-state index is 12.7. The molecule has 0 N–H and O–H groups in total. The highest BCUT2D eigenvalue weighted by Gasteiger charge is 2.30. The third-order valence-electron chi connectivity index (χ3n) is 4.93. The Bertz CT molecular complexity index is 923. The van der Waals surface area contributed by atoms with Crippen LogP contribution in [-0.2, 0) is 12.7 Å². The van der Waals surface area contributed by atoms with Gasteiger partial charge in [0.25, 0.3) is 5.69 Å². The fourth-order valence-corrected chi connectivity index (χ4v) is 3.43. The van der Waals surface area contributed by atoms with Crippen molar-refractivity contribution in [1.82, 2.24) is 4.90 Å². The summed E-state index contributed by atoms with van der Waals surface area (Å²) in [5.74, 6) is 0. The average molecular weight is 404 g/mol. The molecule has 0 aliphatic carbocycles. The number of alkyl halides is 3. The van der Waals surface area contributed by atoms with Gasteiger partial charge in [-0.05, 0) is 30.2 Å². The highest BCUT2D eigenvalue weighted by molar-refractivity contribution is 5.63. The highest BCUT2D eigenvalue weighted by Crippen LogP contribution is 2.29. The van der Waals surface area contributed by atoms with E-state index < -0.39 is 16.7 Å². The molecule has 29 heavy (non-hydrogen) atoms. The van der Waals surface area contributed by atoms with Crippen molar-refractivity contribution >= 4 is 11.4 Å². The Morgan fingerprint density at radius 2 is 1.79 bits per heavy atom. The first-order chi connectivity index (χ1) is 13.8. The maximum Gasteiger partial charge on any atom is 0.416 e. The SMILES string of the molecule is N#Cc1cc([N+](=O)[O-])ccc1N1CCCN(Cc2ccc(C(F)(F)F)cc2)CC1. The van der Waals surface area contributed by atoms with E-state index in [1.54, 1.807) is 6.07 Å². The zero-order valence-electron chi connectivity index (χ0n) is 15.5. The number of anilines is 1. The Labute approximate surface area is 165 Å². The van der Waals surface area contributed by atoms with E-state index >= 15 is 0 Å². The predicted octanol–water partition coefficient (Wildman–Crippen LogP) is 4.20. The lowest BCUT2D eigenvalue weighted by Crippen LogP contribution is -2.30. The second-order valence-corrected chi connectivity index (χ2v) is 6.88. The van der Waals surface area contributed by atoms with Gasteiger partial charge in [0, 0.05) is 44.9 Å². The summed E-state index contributed by atoms with van der Waals surface area (Å²) in [5, 5.41) is 20.3. The van der Waals surface area contributed by atoms with Crippen LogP contribution in [0.4, 0.5) is 24.5 Å². The van der Waals surface area contributed by atoms with Crippen molar-refractivity contribution in [2.45, 2.75) is 19.1 Å². The van der Waals surface area contributed by atoms with Crippen molar-refractivity contribution < 1.29 is 18.1 Å². The molecule has 1 heterocycles. The third kappa shape index (κ3) is 5.03. The van der Waals surface area contributed by atoms with Crippen LogP contribution >= 0.6 is 0 Å². The number of halogens is 3. The van der Waals surface area contributed by atoms with Crippen molar-refractivity contribution in [3.05, 3.63) is 69.3 Å². The molecule has 0 spiro atoms. The largest absolute Gasteiger partial charge is 0.416 e. The minimum atomic E-state index is -4.34. The molecule has 1 aliphatic rings. The zero-order chi connectivity index (χ0) is 21.0. The molecule has 0 saturated carbocycles. The summed E-state index contributed by atoms with van der Waals surface area (Å²) in [4.78, 5) is 14.6. The van der Waals surface area contributed by atoms with Crippen LogP contribution < -0.4 is 4.90 Å². The molecule has 6 nitrogen and oxygen atoms in total. The number of hydrogen-bond donors (Lipinski definition) is 0. The van der Waals surface area contributed by atoms with Gasteiger partial charge in [-0.15, -0.1) is 0 Å². The molecule has 0 aromatic heterocycles. The van der Waals surface area contributed by atoms with E-state index in [2.05, 4.69) is 4.90 Å². The maximum atomic E-state index is 12.7. The number of nitriles is 1. The molecule has 1 saturated heterocycles. The van der Waals surface area contributed by atoms with E-state index in [1.807, 2.05) is 11.0 Å². The molecule has 2 aromatic carbocycles. The summed E-state index contributed by atoms with van der Waals surface area (Å²) >= 11 is 0. The smallest absolute Gasteiger partial charge is 0.369 e. The number of rotatable bonds is 4. The van der Waals surface area contributed by atoms with Crippen molar-refractivity contribution in [1.29, 1.82) is 5.26 Å². The summed E-state index contributed by atoms with van der Waals surface area (Å²) in [7, 11) is 0. The Kier molecular flexibility index (Phi) is 6.03. The molecule has 0 amide bonds. The van der Waals surface area contributed by atoms with E-state index in [-0.39, 0.29) is 11.3 Å². The van der Waals surface area contributed by atoms with Crippen LogP contribution in [-0.4, -0.2) is 36.0 Å². The van der Waals surface area contributed by atoms with Crippen LogP contribution in [0.1, 0.15) is 23.1 Å². The number of hydrogen-bond acceptors (Lipinski definition) is 5. The van der Waals surface area contributed by atoms with Gasteiger partial charge in [-0.2, -0.15) is 18.4 Å². The predicted molar refractivity (Wildman–Crippen MR) is 101 cm³/mol. The van der Waals surface area contributed by atoms with Crippen LogP contribution in [0.3, 0.4) is 0 Å². The standard InChI is InChI=1S/C20H19F3N4O2/c21-20(22,23)17-4-2-15(3-5-17)14-25-8-1-9-26(11-10-25)19-7-6-18(27(28)29)12-16(19)13-24/h2-7,12H,1,8-11,14H2. The van der Waals surface area contributed by atoms with Crippen LogP contribution in [0.5, 0.6) is 0 Å². The number of nitrogens with zero attached hydrogens (tertiary/aromatic N) is 4. The van der Waals surface area contributed by atoms with E-state index in [0.29, 0.717) is 31.9 Å². The number of nitro groups is 1. The quantitative estimate of drug-likeness (QED) is 0.564. The second-order valence-electron chi connectivity index (χ2n) is 6.88. The summed E-state index contributed by atoms with van der Waals surface area (Å²) in [6, 6.07) is 11.5. The normalized spacial score (nSPS) is 15.6. The fraction of sp³-hybridized carbons (Fsp3) is 0.350. The van der Waals surface area contributed by atoms with Gasteiger partial charge in [-0.3, -0.25) is 15.0 Å². The van der Waals surface area contributed by atoms with Gasteiger partial charge in [0.15, 0.2) is 0 Å². The van der Waals surface area contributed by atoms with Crippen molar-refractivity contribution in [3.63, 3.8) is 0 Å². The third-order valence-corrected chi connectivity index (χ3v) is 4.93. The van der Waals surface area contributed by atoms with Gasteiger partial charge >= 0.3 is 6.18 Å². The summed E-state index contributed by atoms with van der Waals surface area (Å²) < 4.78 is 38.1. The first-order valence-electron chi connectivity index (χ1n) is 9.10. The fourth-order valence-electron chi connectivity index (χ4n) is 3.43. The van der Waals surface area contributed by atoms with Crippen molar-refractivity contribution in [2.75, 3.05) is 31.1 Å². The lowest BCUT2D eigenvalue weighted by Gasteiger charge is -2.24. The van der Waals surface area contributed by atoms with Gasteiger partial charge < -0.3 is 4.90 Å². The van der Waals surface area contributed by atoms with Crippen LogP contribution in [0.15, 0.2) is 42.5 Å². The van der Waals surface area contributed by atoms with Gasteiger partial charge in [0.05, 0.1) is 21.7 Å². The molecule has 1 aliphatic heterocycles. The minimum Gasteiger partial charge on any atom is -0.369 e. The van der Waals surface area contributed by atoms with Crippen molar-refractivity contribution in [2.24, 2.45) is 0 Å². The molecule has 2 aromatic rings. The molecule has 0 radical (unpaired) electrons. The monoisotopic (exact) mass is 404 g/mol. The molecule has 0 bridgehead atoms. The Hall–Kier alpha value is -3.12. The van der Waals surface area contributed by atoms with E-state index in [0.717, 1.165) is 30.7 Å². The first kappa shape index (κ1) is 20.6. The lowest BCUT2D eigenvalue weighted by molar-refractivity contribution is -0.384. The summed E-state index contributed by atoms with van der Waals surface area (Å²) in [6.07, 6.45) is -3.53. The van der Waals surface area contributed by atoms with Gasteiger partial charge in [-0.25, -0.2) is 0 Å². The van der Waals surface area contributed by atoms with Crippen LogP contribution in [0, 0.1) is 21.4 Å². The molecule has 152 valence electrons. The molecule has 0 atom stereocenters. The van der Waals surface area contributed by atoms with Gasteiger partial charge in [0.2, 0.25) is 0 Å². The van der Waals surface area contributed by atoms with Gasteiger partial charge in [0.1, 0.15) is 6.07 Å². The van der Waals surface area contributed by atoms with E-state index in [4.69, 9.17) is 0 Å². The zero-order valence-corrected chi connectivity index (χ0v) is 15.5. The van der Waals surface area contributed by atoms with Crippen molar-refractivity contribution in [3.8, 4) is 6.07 Å². The first-order valence-corrected chi connectivity index (χ1v) is 9.10. The van der Waals surface area contributed by atoms with Crippen LogP contribution in [0.25, 0.3) is 0 Å². The molecule has 9 heteroatoms. The topological polar surface area (TPSA) is 73.4 Å². The summed E-state index contributed by atoms with van der Waals surface area (Å²) in [5.41, 5.74) is 0.943. The Morgan fingerprint density at radius 3 is 2.41 bits per heavy atom. The van der Waals surface area contributed by atoms with E-state index in [9.17, 15) is 28.5 Å². The van der Waals surface area contributed by atoms with Gasteiger partial charge in [-0.1, -0.05) is 12.1 Å². The summed E-state index contributed by atoms with van der Waals surface area (Å²) in [6.45, 7) is 3.29. The Balaban J connectivity index is 1.66. The van der Waals surface area contributed by atoms with E-state index in [1.165, 1.54) is 24.3 Å². The average Bonchev–Trinajstić information content (AvgIpc) is 2.92. The minimum absolute atomic E-state index is 0.121. The molecule has 0 unspecified atom stereocenters. The lowest BCUT2D eigenvalue weighted by atomic mass is 10.1. The second kappa shape index (κ2) is 8.49. The molecule has 3 rings (SSSR count). The molecule has 1 fully saturated rings. The highest BCUT2D eigenvalue weighted by atomic mass is 19.4. The number of non-ortho nitro benzene ring substituents is 1. The number of benzene rings is 2.